The van der Waals surface area contributed by atoms with Crippen molar-refractivity contribution in [3.8, 4) is 5.75 Å². The van der Waals surface area contributed by atoms with Crippen LogP contribution in [0.15, 0.2) is 48.5 Å². The zero-order valence-electron chi connectivity index (χ0n) is 11.1. The second-order valence-electron chi connectivity index (χ2n) is 4.69. The Kier molecular flexibility index (Phi) is 3.54. The molecule has 2 aromatic carbocycles. The van der Waals surface area contributed by atoms with Gasteiger partial charge in [0.25, 0.3) is 0 Å². The highest BCUT2D eigenvalue weighted by atomic mass is 16.5. The number of para-hydroxylation sites is 1. The molecule has 3 rings (SSSR count). The van der Waals surface area contributed by atoms with Crippen LogP contribution in [-0.2, 0) is 11.2 Å². The Bertz CT molecular complexity index is 611. The Morgan fingerprint density at radius 1 is 1.10 bits per heavy atom. The van der Waals surface area contributed by atoms with Crippen molar-refractivity contribution in [1.82, 2.24) is 0 Å². The highest BCUT2D eigenvalue weighted by Gasteiger charge is 2.12. The number of fused-ring (bicyclic) bond motifs is 1. The summed E-state index contributed by atoms with van der Waals surface area (Å²) < 4.78 is 5.44. The summed E-state index contributed by atoms with van der Waals surface area (Å²) in [4.78, 5) is 11.9. The zero-order valence-corrected chi connectivity index (χ0v) is 11.1. The second-order valence-corrected chi connectivity index (χ2v) is 4.69. The highest BCUT2D eigenvalue weighted by molar-refractivity contribution is 5.93. The van der Waals surface area contributed by atoms with Crippen LogP contribution < -0.4 is 15.4 Å². The van der Waals surface area contributed by atoms with Gasteiger partial charge in [-0.15, -0.1) is 0 Å². The molecule has 2 aromatic rings. The smallest absolute Gasteiger partial charge is 0.243 e. The standard InChI is InChI=1S/C16H16N2O2/c19-16(11-17-13-4-2-1-3-5-13)18-14-6-7-15-12(10-14)8-9-20-15/h1-7,10,17H,8-9,11H2,(H,18,19). The van der Waals surface area contributed by atoms with E-state index in [-0.39, 0.29) is 12.5 Å². The van der Waals surface area contributed by atoms with Gasteiger partial charge in [-0.2, -0.15) is 0 Å². The van der Waals surface area contributed by atoms with E-state index in [1.54, 1.807) is 0 Å². The number of amides is 1. The first kappa shape index (κ1) is 12.5. The molecule has 0 fully saturated rings. The first-order chi connectivity index (χ1) is 9.81. The van der Waals surface area contributed by atoms with Gasteiger partial charge in [0.2, 0.25) is 5.91 Å². The van der Waals surface area contributed by atoms with Gasteiger partial charge in [-0.3, -0.25) is 4.79 Å². The summed E-state index contributed by atoms with van der Waals surface area (Å²) in [7, 11) is 0. The molecule has 4 nitrogen and oxygen atoms in total. The average Bonchev–Trinajstić information content (AvgIpc) is 2.94. The number of rotatable bonds is 4. The number of ether oxygens (including phenoxy) is 1. The lowest BCUT2D eigenvalue weighted by Crippen LogP contribution is -2.21. The van der Waals surface area contributed by atoms with Crippen molar-refractivity contribution in [2.45, 2.75) is 6.42 Å². The minimum atomic E-state index is -0.0623. The minimum absolute atomic E-state index is 0.0623. The molecule has 0 aromatic heterocycles. The number of hydrogen-bond acceptors (Lipinski definition) is 3. The van der Waals surface area contributed by atoms with Crippen molar-refractivity contribution in [3.63, 3.8) is 0 Å². The number of carbonyl (C=O) groups excluding carboxylic acids is 1. The van der Waals surface area contributed by atoms with Crippen LogP contribution in [0.2, 0.25) is 0 Å². The summed E-state index contributed by atoms with van der Waals surface area (Å²) in [6, 6.07) is 15.4. The van der Waals surface area contributed by atoms with Crippen LogP contribution in [0.3, 0.4) is 0 Å². The second kappa shape index (κ2) is 5.65. The van der Waals surface area contributed by atoms with E-state index >= 15 is 0 Å². The number of benzene rings is 2. The molecule has 20 heavy (non-hydrogen) atoms. The predicted molar refractivity (Wildman–Crippen MR) is 79.2 cm³/mol. The summed E-state index contributed by atoms with van der Waals surface area (Å²) in [6.45, 7) is 0.972. The van der Waals surface area contributed by atoms with Crippen LogP contribution >= 0.6 is 0 Å². The van der Waals surface area contributed by atoms with E-state index in [0.29, 0.717) is 0 Å². The monoisotopic (exact) mass is 268 g/mol. The van der Waals surface area contributed by atoms with Crippen molar-refractivity contribution in [3.05, 3.63) is 54.1 Å². The number of hydrogen-bond donors (Lipinski definition) is 2. The lowest BCUT2D eigenvalue weighted by Gasteiger charge is -2.08. The Balaban J connectivity index is 1.56. The maximum Gasteiger partial charge on any atom is 0.243 e. The summed E-state index contributed by atoms with van der Waals surface area (Å²) in [5.74, 6) is 0.859. The van der Waals surface area contributed by atoms with Gasteiger partial charge in [0, 0.05) is 17.8 Å². The van der Waals surface area contributed by atoms with E-state index in [9.17, 15) is 4.79 Å². The summed E-state index contributed by atoms with van der Waals surface area (Å²) in [6.07, 6.45) is 0.904. The number of carbonyl (C=O) groups is 1. The third-order valence-corrected chi connectivity index (χ3v) is 3.20. The molecule has 0 atom stereocenters. The fraction of sp³-hybridized carbons (Fsp3) is 0.188. The molecule has 0 unspecified atom stereocenters. The van der Waals surface area contributed by atoms with Gasteiger partial charge in [0.1, 0.15) is 5.75 Å². The fourth-order valence-electron chi connectivity index (χ4n) is 2.21. The molecule has 0 radical (unpaired) electrons. The van der Waals surface area contributed by atoms with Gasteiger partial charge in [-0.05, 0) is 35.9 Å². The number of anilines is 2. The van der Waals surface area contributed by atoms with E-state index in [1.165, 1.54) is 0 Å². The van der Waals surface area contributed by atoms with Crippen LogP contribution in [0.1, 0.15) is 5.56 Å². The SMILES string of the molecule is O=C(CNc1ccccc1)Nc1ccc2c(c1)CCO2. The topological polar surface area (TPSA) is 50.4 Å². The van der Waals surface area contributed by atoms with Gasteiger partial charge in [-0.25, -0.2) is 0 Å². The lowest BCUT2D eigenvalue weighted by molar-refractivity contribution is -0.114. The first-order valence-corrected chi connectivity index (χ1v) is 6.66. The fourth-order valence-corrected chi connectivity index (χ4v) is 2.21. The highest BCUT2D eigenvalue weighted by Crippen LogP contribution is 2.27. The van der Waals surface area contributed by atoms with Crippen molar-refractivity contribution < 1.29 is 9.53 Å². The molecule has 0 saturated heterocycles. The van der Waals surface area contributed by atoms with Crippen molar-refractivity contribution >= 4 is 17.3 Å². The van der Waals surface area contributed by atoms with E-state index in [0.717, 1.165) is 35.7 Å². The van der Waals surface area contributed by atoms with Gasteiger partial charge in [-0.1, -0.05) is 18.2 Å². The molecule has 102 valence electrons. The minimum Gasteiger partial charge on any atom is -0.493 e. The summed E-state index contributed by atoms with van der Waals surface area (Å²) in [5, 5.41) is 5.97. The summed E-state index contributed by atoms with van der Waals surface area (Å²) >= 11 is 0. The zero-order chi connectivity index (χ0) is 13.8. The van der Waals surface area contributed by atoms with Gasteiger partial charge >= 0.3 is 0 Å². The van der Waals surface area contributed by atoms with Gasteiger partial charge < -0.3 is 15.4 Å². The molecule has 0 aliphatic carbocycles. The summed E-state index contributed by atoms with van der Waals surface area (Å²) in [5.41, 5.74) is 2.90. The van der Waals surface area contributed by atoms with Crippen LogP contribution in [0.4, 0.5) is 11.4 Å². The van der Waals surface area contributed by atoms with E-state index < -0.39 is 0 Å². The average molecular weight is 268 g/mol. The van der Waals surface area contributed by atoms with E-state index in [4.69, 9.17) is 4.74 Å². The van der Waals surface area contributed by atoms with Crippen molar-refractivity contribution in [2.75, 3.05) is 23.8 Å². The van der Waals surface area contributed by atoms with Crippen LogP contribution in [0.5, 0.6) is 5.75 Å². The van der Waals surface area contributed by atoms with Gasteiger partial charge in [0.05, 0.1) is 13.2 Å². The molecule has 1 amide bonds. The molecule has 0 bridgehead atoms. The largest absolute Gasteiger partial charge is 0.493 e. The molecule has 0 saturated carbocycles. The molecular weight excluding hydrogens is 252 g/mol. The van der Waals surface area contributed by atoms with Gasteiger partial charge in [0.15, 0.2) is 0 Å². The van der Waals surface area contributed by atoms with Crippen LogP contribution in [0, 0.1) is 0 Å². The molecule has 1 aliphatic heterocycles. The quantitative estimate of drug-likeness (QED) is 0.896. The third-order valence-electron chi connectivity index (χ3n) is 3.20. The molecule has 1 heterocycles. The van der Waals surface area contributed by atoms with Crippen molar-refractivity contribution in [2.24, 2.45) is 0 Å². The Hall–Kier alpha value is -2.49. The predicted octanol–water partition coefficient (Wildman–Crippen LogP) is 2.67. The third kappa shape index (κ3) is 2.91. The normalized spacial score (nSPS) is 12.4. The number of nitrogens with one attached hydrogen (secondary N) is 2. The van der Waals surface area contributed by atoms with E-state index in [1.807, 2.05) is 48.5 Å². The molecule has 0 spiro atoms. The van der Waals surface area contributed by atoms with Crippen LogP contribution in [0.25, 0.3) is 0 Å². The molecular formula is C16H16N2O2. The maximum absolute atomic E-state index is 11.9. The maximum atomic E-state index is 11.9. The lowest BCUT2D eigenvalue weighted by atomic mass is 10.1. The Morgan fingerprint density at radius 2 is 1.95 bits per heavy atom. The molecule has 4 heteroatoms. The van der Waals surface area contributed by atoms with Crippen molar-refractivity contribution in [1.29, 1.82) is 0 Å². The first-order valence-electron chi connectivity index (χ1n) is 6.66. The molecule has 1 aliphatic rings. The van der Waals surface area contributed by atoms with E-state index in [2.05, 4.69) is 10.6 Å². The van der Waals surface area contributed by atoms with Crippen LogP contribution in [-0.4, -0.2) is 19.1 Å². The molecule has 2 N–H and O–H groups in total. The Morgan fingerprint density at radius 3 is 2.80 bits per heavy atom. The Labute approximate surface area is 117 Å².